The van der Waals surface area contributed by atoms with Gasteiger partial charge < -0.3 is 9.84 Å². The minimum Gasteiger partial charge on any atom is -0.461 e. The Morgan fingerprint density at radius 3 is 2.55 bits per heavy atom. The lowest BCUT2D eigenvalue weighted by molar-refractivity contribution is -0.146. The van der Waals surface area contributed by atoms with E-state index in [1.807, 2.05) is 30.3 Å². The molecule has 0 aromatic heterocycles. The molecule has 112 valence electrons. The van der Waals surface area contributed by atoms with E-state index in [2.05, 4.69) is 4.72 Å². The van der Waals surface area contributed by atoms with Crippen molar-refractivity contribution >= 4 is 16.0 Å². The monoisotopic (exact) mass is 301 g/mol. The largest absolute Gasteiger partial charge is 0.461 e. The van der Waals surface area contributed by atoms with Gasteiger partial charge >= 0.3 is 5.97 Å². The molecule has 1 aromatic carbocycles. The van der Waals surface area contributed by atoms with Crippen LogP contribution in [0.15, 0.2) is 30.3 Å². The number of hydrogen-bond donors (Lipinski definition) is 2. The SMILES string of the molecule is CS(=O)(=O)NC[C@H](CO)CC(=O)OCc1ccccc1. The van der Waals surface area contributed by atoms with E-state index in [-0.39, 0.29) is 26.2 Å². The van der Waals surface area contributed by atoms with E-state index in [1.165, 1.54) is 0 Å². The van der Waals surface area contributed by atoms with Gasteiger partial charge in [0.15, 0.2) is 0 Å². The molecule has 0 aliphatic carbocycles. The first-order chi connectivity index (χ1) is 9.40. The number of aliphatic hydroxyl groups is 1. The molecule has 0 saturated heterocycles. The van der Waals surface area contributed by atoms with Crippen molar-refractivity contribution in [2.75, 3.05) is 19.4 Å². The molecule has 0 spiro atoms. The van der Waals surface area contributed by atoms with Crippen LogP contribution in [0.1, 0.15) is 12.0 Å². The van der Waals surface area contributed by atoms with Crippen LogP contribution in [0.3, 0.4) is 0 Å². The highest BCUT2D eigenvalue weighted by molar-refractivity contribution is 7.88. The van der Waals surface area contributed by atoms with Crippen LogP contribution in [0.25, 0.3) is 0 Å². The molecule has 0 aliphatic rings. The summed E-state index contributed by atoms with van der Waals surface area (Å²) in [6.45, 7) is -0.115. The van der Waals surface area contributed by atoms with E-state index < -0.39 is 21.9 Å². The first-order valence-electron chi connectivity index (χ1n) is 6.15. The molecule has 1 atom stereocenters. The number of carbonyl (C=O) groups excluding carboxylic acids is 1. The molecule has 1 rings (SSSR count). The maximum Gasteiger partial charge on any atom is 0.306 e. The third-order valence-corrected chi connectivity index (χ3v) is 3.28. The van der Waals surface area contributed by atoms with Gasteiger partial charge in [0.2, 0.25) is 10.0 Å². The molecule has 0 amide bonds. The Balaban J connectivity index is 2.36. The number of esters is 1. The van der Waals surface area contributed by atoms with Gasteiger partial charge in [0.1, 0.15) is 6.61 Å². The zero-order chi connectivity index (χ0) is 15.0. The molecular formula is C13H19NO5S. The Labute approximate surface area is 118 Å². The minimum absolute atomic E-state index is 0.00969. The van der Waals surface area contributed by atoms with Gasteiger partial charge in [0.25, 0.3) is 0 Å². The van der Waals surface area contributed by atoms with Crippen LogP contribution < -0.4 is 4.72 Å². The number of benzene rings is 1. The first kappa shape index (κ1) is 16.6. The summed E-state index contributed by atoms with van der Waals surface area (Å²) < 4.78 is 29.2. The van der Waals surface area contributed by atoms with Gasteiger partial charge in [-0.15, -0.1) is 0 Å². The quantitative estimate of drug-likeness (QED) is 0.673. The molecule has 0 fully saturated rings. The zero-order valence-corrected chi connectivity index (χ0v) is 12.1. The molecule has 6 nitrogen and oxygen atoms in total. The lowest BCUT2D eigenvalue weighted by atomic mass is 10.1. The minimum atomic E-state index is -3.33. The molecule has 1 aromatic rings. The van der Waals surface area contributed by atoms with E-state index in [0.717, 1.165) is 11.8 Å². The van der Waals surface area contributed by atoms with Gasteiger partial charge in [-0.3, -0.25) is 4.79 Å². The smallest absolute Gasteiger partial charge is 0.306 e. The predicted molar refractivity (Wildman–Crippen MR) is 74.3 cm³/mol. The van der Waals surface area contributed by atoms with Gasteiger partial charge in [-0.1, -0.05) is 30.3 Å². The summed E-state index contributed by atoms with van der Waals surface area (Å²) in [6, 6.07) is 9.22. The predicted octanol–water partition coefficient (Wildman–Crippen LogP) is 0.278. The number of carbonyl (C=O) groups is 1. The summed E-state index contributed by atoms with van der Waals surface area (Å²) in [5.74, 6) is -0.962. The highest BCUT2D eigenvalue weighted by Gasteiger charge is 2.16. The molecular weight excluding hydrogens is 282 g/mol. The topological polar surface area (TPSA) is 92.7 Å². The van der Waals surface area contributed by atoms with Crippen molar-refractivity contribution < 1.29 is 23.1 Å². The fourth-order valence-corrected chi connectivity index (χ4v) is 2.04. The van der Waals surface area contributed by atoms with Gasteiger partial charge in [0.05, 0.1) is 12.7 Å². The third kappa shape index (κ3) is 7.22. The van der Waals surface area contributed by atoms with Crippen molar-refractivity contribution in [2.45, 2.75) is 13.0 Å². The fraction of sp³-hybridized carbons (Fsp3) is 0.462. The van der Waals surface area contributed by atoms with Crippen molar-refractivity contribution in [3.8, 4) is 0 Å². The van der Waals surface area contributed by atoms with Crippen molar-refractivity contribution in [3.63, 3.8) is 0 Å². The average Bonchev–Trinajstić information content (AvgIpc) is 2.41. The van der Waals surface area contributed by atoms with E-state index >= 15 is 0 Å². The Hall–Kier alpha value is -1.44. The molecule has 0 unspecified atom stereocenters. The number of aliphatic hydroxyl groups excluding tert-OH is 1. The fourth-order valence-electron chi connectivity index (χ4n) is 1.50. The van der Waals surface area contributed by atoms with Crippen molar-refractivity contribution in [3.05, 3.63) is 35.9 Å². The van der Waals surface area contributed by atoms with Crippen LogP contribution in [-0.2, 0) is 26.2 Å². The third-order valence-electron chi connectivity index (χ3n) is 2.59. The number of hydrogen-bond acceptors (Lipinski definition) is 5. The van der Waals surface area contributed by atoms with Gasteiger partial charge in [0, 0.05) is 19.1 Å². The molecule has 20 heavy (non-hydrogen) atoms. The summed E-state index contributed by atoms with van der Waals surface area (Å²) in [6.07, 6.45) is 0.987. The van der Waals surface area contributed by atoms with Gasteiger partial charge in [-0.25, -0.2) is 13.1 Å². The highest BCUT2D eigenvalue weighted by Crippen LogP contribution is 2.06. The summed E-state index contributed by atoms with van der Waals surface area (Å²) in [5.41, 5.74) is 0.871. The Morgan fingerprint density at radius 2 is 2.00 bits per heavy atom. The second kappa shape index (κ2) is 7.98. The number of nitrogens with one attached hydrogen (secondary N) is 1. The normalized spacial score (nSPS) is 12.9. The van der Waals surface area contributed by atoms with Crippen molar-refractivity contribution in [1.29, 1.82) is 0 Å². The first-order valence-corrected chi connectivity index (χ1v) is 8.05. The van der Waals surface area contributed by atoms with Crippen molar-refractivity contribution in [2.24, 2.45) is 5.92 Å². The van der Waals surface area contributed by atoms with E-state index in [0.29, 0.717) is 0 Å². The highest BCUT2D eigenvalue weighted by atomic mass is 32.2. The zero-order valence-electron chi connectivity index (χ0n) is 11.3. The summed E-state index contributed by atoms with van der Waals surface area (Å²) in [5, 5.41) is 9.11. The number of rotatable bonds is 8. The lowest BCUT2D eigenvalue weighted by Crippen LogP contribution is -2.31. The van der Waals surface area contributed by atoms with Crippen LogP contribution in [0.5, 0.6) is 0 Å². The second-order valence-corrected chi connectivity index (χ2v) is 6.35. The summed E-state index contributed by atoms with van der Waals surface area (Å²) >= 11 is 0. The molecule has 0 saturated carbocycles. The lowest BCUT2D eigenvalue weighted by Gasteiger charge is -2.13. The van der Waals surface area contributed by atoms with E-state index in [4.69, 9.17) is 9.84 Å². The molecule has 0 radical (unpaired) electrons. The number of sulfonamides is 1. The van der Waals surface area contributed by atoms with Crippen LogP contribution >= 0.6 is 0 Å². The van der Waals surface area contributed by atoms with Gasteiger partial charge in [-0.2, -0.15) is 0 Å². The van der Waals surface area contributed by atoms with Gasteiger partial charge in [-0.05, 0) is 5.56 Å². The molecule has 0 bridgehead atoms. The number of ether oxygens (including phenoxy) is 1. The Bertz CT molecular complexity index is 515. The maximum absolute atomic E-state index is 11.6. The Morgan fingerprint density at radius 1 is 1.35 bits per heavy atom. The molecule has 0 heterocycles. The summed E-state index contributed by atoms with van der Waals surface area (Å²) in [7, 11) is -3.33. The van der Waals surface area contributed by atoms with Crippen LogP contribution in [0, 0.1) is 5.92 Å². The van der Waals surface area contributed by atoms with Crippen LogP contribution in [-0.4, -0.2) is 38.9 Å². The molecule has 7 heteroatoms. The maximum atomic E-state index is 11.6. The molecule has 0 aliphatic heterocycles. The average molecular weight is 301 g/mol. The van der Waals surface area contributed by atoms with E-state index in [9.17, 15) is 13.2 Å². The van der Waals surface area contributed by atoms with Crippen LogP contribution in [0.4, 0.5) is 0 Å². The standard InChI is InChI=1S/C13H19NO5S/c1-20(17,18)14-8-12(9-15)7-13(16)19-10-11-5-3-2-4-6-11/h2-6,12,14-15H,7-10H2,1H3/t12-/m1/s1. The Kier molecular flexibility index (Phi) is 6.63. The summed E-state index contributed by atoms with van der Waals surface area (Å²) in [4.78, 5) is 11.6. The molecule has 2 N–H and O–H groups in total. The van der Waals surface area contributed by atoms with E-state index in [1.54, 1.807) is 0 Å². The van der Waals surface area contributed by atoms with Crippen molar-refractivity contribution in [1.82, 2.24) is 4.72 Å². The van der Waals surface area contributed by atoms with Crippen LogP contribution in [0.2, 0.25) is 0 Å². The second-order valence-electron chi connectivity index (χ2n) is 4.52.